The highest BCUT2D eigenvalue weighted by atomic mass is 19.4. The summed E-state index contributed by atoms with van der Waals surface area (Å²) in [6.07, 6.45) is -4.53. The van der Waals surface area contributed by atoms with E-state index in [9.17, 15) is 18.0 Å². The minimum Gasteiger partial charge on any atom is -0.494 e. The average Bonchev–Trinajstić information content (AvgIpc) is 2.83. The van der Waals surface area contributed by atoms with Gasteiger partial charge in [-0.25, -0.2) is 0 Å². The quantitative estimate of drug-likeness (QED) is 0.917. The van der Waals surface area contributed by atoms with Gasteiger partial charge in [0.15, 0.2) is 5.69 Å². The van der Waals surface area contributed by atoms with Gasteiger partial charge in [-0.05, 0) is 44.2 Å². The van der Waals surface area contributed by atoms with Crippen LogP contribution in [0.1, 0.15) is 18.3 Å². The number of rotatable bonds is 5. The predicted octanol–water partition coefficient (Wildman–Crippen LogP) is 3.25. The summed E-state index contributed by atoms with van der Waals surface area (Å²) in [7, 11) is 0. The Kier molecular flexibility index (Phi) is 4.92. The maximum absolute atomic E-state index is 12.6. The standard InChI is InChI=1S/C15H16F3N3O2/c1-3-23-12-6-4-11(5-7-12)19-14(22)9-21-10(2)8-13(20-21)15(16,17)18/h4-8H,3,9H2,1-2H3,(H,19,22). The van der Waals surface area contributed by atoms with E-state index in [1.807, 2.05) is 6.92 Å². The van der Waals surface area contributed by atoms with Crippen molar-refractivity contribution in [2.24, 2.45) is 0 Å². The van der Waals surface area contributed by atoms with Crippen LogP contribution in [-0.4, -0.2) is 22.3 Å². The molecule has 1 amide bonds. The molecule has 0 unspecified atom stereocenters. The Morgan fingerprint density at radius 3 is 2.48 bits per heavy atom. The van der Waals surface area contributed by atoms with E-state index in [0.717, 1.165) is 10.7 Å². The Balaban J connectivity index is 2.01. The fourth-order valence-corrected chi connectivity index (χ4v) is 1.95. The van der Waals surface area contributed by atoms with Crippen LogP contribution in [-0.2, 0) is 17.5 Å². The molecule has 2 rings (SSSR count). The minimum atomic E-state index is -4.53. The van der Waals surface area contributed by atoms with Crippen molar-refractivity contribution in [2.75, 3.05) is 11.9 Å². The number of carbonyl (C=O) groups excluding carboxylic acids is 1. The van der Waals surface area contributed by atoms with E-state index in [0.29, 0.717) is 18.0 Å². The van der Waals surface area contributed by atoms with E-state index in [1.165, 1.54) is 6.92 Å². The SMILES string of the molecule is CCOc1ccc(NC(=O)Cn2nc(C(F)(F)F)cc2C)cc1. The highest BCUT2D eigenvalue weighted by Crippen LogP contribution is 2.28. The molecule has 1 N–H and O–H groups in total. The number of aromatic nitrogens is 2. The molecule has 0 aliphatic carbocycles. The van der Waals surface area contributed by atoms with Crippen molar-refractivity contribution in [3.63, 3.8) is 0 Å². The number of aryl methyl sites for hydroxylation is 1. The van der Waals surface area contributed by atoms with Gasteiger partial charge < -0.3 is 10.1 Å². The number of hydrogen-bond acceptors (Lipinski definition) is 3. The van der Waals surface area contributed by atoms with Gasteiger partial charge in [0.05, 0.1) is 6.61 Å². The molecule has 1 heterocycles. The van der Waals surface area contributed by atoms with Crippen LogP contribution in [0.4, 0.5) is 18.9 Å². The van der Waals surface area contributed by atoms with Gasteiger partial charge in [0, 0.05) is 11.4 Å². The predicted molar refractivity (Wildman–Crippen MR) is 78.2 cm³/mol. The molecule has 1 aromatic heterocycles. The number of carbonyl (C=O) groups is 1. The lowest BCUT2D eigenvalue weighted by Gasteiger charge is -2.08. The van der Waals surface area contributed by atoms with E-state index in [1.54, 1.807) is 24.3 Å². The summed E-state index contributed by atoms with van der Waals surface area (Å²) in [5, 5.41) is 6.01. The summed E-state index contributed by atoms with van der Waals surface area (Å²) in [5.41, 5.74) is -0.220. The number of amides is 1. The largest absolute Gasteiger partial charge is 0.494 e. The molecule has 0 radical (unpaired) electrons. The Morgan fingerprint density at radius 1 is 1.30 bits per heavy atom. The number of benzene rings is 1. The van der Waals surface area contributed by atoms with Crippen LogP contribution in [0.2, 0.25) is 0 Å². The number of halogens is 3. The first-order valence-corrected chi connectivity index (χ1v) is 6.94. The van der Waals surface area contributed by atoms with E-state index < -0.39 is 17.8 Å². The third kappa shape index (κ3) is 4.48. The van der Waals surface area contributed by atoms with Crippen LogP contribution in [0.3, 0.4) is 0 Å². The molecule has 0 fully saturated rings. The summed E-state index contributed by atoms with van der Waals surface area (Å²) < 4.78 is 44.0. The van der Waals surface area contributed by atoms with Crippen molar-refractivity contribution in [2.45, 2.75) is 26.6 Å². The maximum Gasteiger partial charge on any atom is 0.435 e. The van der Waals surface area contributed by atoms with Gasteiger partial charge in [-0.1, -0.05) is 0 Å². The average molecular weight is 327 g/mol. The summed E-state index contributed by atoms with van der Waals surface area (Å²) in [5.74, 6) is 0.206. The van der Waals surface area contributed by atoms with Crippen LogP contribution in [0.15, 0.2) is 30.3 Å². The minimum absolute atomic E-state index is 0.263. The Hall–Kier alpha value is -2.51. The third-order valence-electron chi connectivity index (χ3n) is 3.01. The van der Waals surface area contributed by atoms with Gasteiger partial charge in [-0.3, -0.25) is 9.48 Å². The first-order valence-electron chi connectivity index (χ1n) is 6.94. The van der Waals surface area contributed by atoms with Crippen molar-refractivity contribution < 1.29 is 22.7 Å². The van der Waals surface area contributed by atoms with Gasteiger partial charge >= 0.3 is 6.18 Å². The number of ether oxygens (including phenoxy) is 1. The molecule has 0 bridgehead atoms. The third-order valence-corrected chi connectivity index (χ3v) is 3.01. The van der Waals surface area contributed by atoms with Gasteiger partial charge in [-0.2, -0.15) is 18.3 Å². The lowest BCUT2D eigenvalue weighted by molar-refractivity contribution is -0.141. The smallest absolute Gasteiger partial charge is 0.435 e. The normalized spacial score (nSPS) is 11.3. The second-order valence-electron chi connectivity index (χ2n) is 4.83. The molecule has 0 spiro atoms. The fourth-order valence-electron chi connectivity index (χ4n) is 1.95. The fraction of sp³-hybridized carbons (Fsp3) is 0.333. The molecular formula is C15H16F3N3O2. The summed E-state index contributed by atoms with van der Waals surface area (Å²) in [6, 6.07) is 7.60. The van der Waals surface area contributed by atoms with E-state index in [-0.39, 0.29) is 12.2 Å². The Bertz CT molecular complexity index is 678. The Morgan fingerprint density at radius 2 is 1.96 bits per heavy atom. The number of nitrogens with zero attached hydrogens (tertiary/aromatic N) is 2. The zero-order valence-corrected chi connectivity index (χ0v) is 12.6. The molecule has 5 nitrogen and oxygen atoms in total. The van der Waals surface area contributed by atoms with Crippen LogP contribution >= 0.6 is 0 Å². The Labute approximate surface area is 131 Å². The topological polar surface area (TPSA) is 56.1 Å². The monoisotopic (exact) mass is 327 g/mol. The zero-order chi connectivity index (χ0) is 17.0. The number of anilines is 1. The van der Waals surface area contributed by atoms with Crippen molar-refractivity contribution in [1.29, 1.82) is 0 Å². The van der Waals surface area contributed by atoms with Crippen LogP contribution in [0, 0.1) is 6.92 Å². The van der Waals surface area contributed by atoms with Crippen molar-refractivity contribution in [1.82, 2.24) is 9.78 Å². The number of alkyl halides is 3. The molecule has 0 aliphatic rings. The van der Waals surface area contributed by atoms with E-state index >= 15 is 0 Å². The van der Waals surface area contributed by atoms with E-state index in [4.69, 9.17) is 4.74 Å². The number of hydrogen-bond donors (Lipinski definition) is 1. The first kappa shape index (κ1) is 16.9. The second-order valence-corrected chi connectivity index (χ2v) is 4.83. The van der Waals surface area contributed by atoms with Gasteiger partial charge in [0.2, 0.25) is 5.91 Å². The van der Waals surface area contributed by atoms with Crippen molar-refractivity contribution >= 4 is 11.6 Å². The molecule has 1 aromatic carbocycles. The van der Waals surface area contributed by atoms with E-state index in [2.05, 4.69) is 10.4 Å². The zero-order valence-electron chi connectivity index (χ0n) is 12.6. The van der Waals surface area contributed by atoms with Crippen molar-refractivity contribution in [3.8, 4) is 5.75 Å². The lowest BCUT2D eigenvalue weighted by atomic mass is 10.3. The van der Waals surface area contributed by atoms with Crippen LogP contribution in [0.25, 0.3) is 0 Å². The summed E-state index contributed by atoms with van der Waals surface area (Å²) >= 11 is 0. The maximum atomic E-state index is 12.6. The molecular weight excluding hydrogens is 311 g/mol. The summed E-state index contributed by atoms with van der Waals surface area (Å²) in [6.45, 7) is 3.56. The molecule has 0 aliphatic heterocycles. The molecule has 0 saturated heterocycles. The highest BCUT2D eigenvalue weighted by molar-refractivity contribution is 5.90. The molecule has 0 saturated carbocycles. The molecule has 23 heavy (non-hydrogen) atoms. The molecule has 2 aromatic rings. The summed E-state index contributed by atoms with van der Waals surface area (Å²) in [4.78, 5) is 11.9. The highest BCUT2D eigenvalue weighted by Gasteiger charge is 2.34. The van der Waals surface area contributed by atoms with Crippen LogP contribution < -0.4 is 10.1 Å². The second kappa shape index (κ2) is 6.72. The van der Waals surface area contributed by atoms with Crippen molar-refractivity contribution in [3.05, 3.63) is 41.7 Å². The van der Waals surface area contributed by atoms with Gasteiger partial charge in [0.25, 0.3) is 0 Å². The number of nitrogens with one attached hydrogen (secondary N) is 1. The molecule has 8 heteroatoms. The van der Waals surface area contributed by atoms with Gasteiger partial charge in [-0.15, -0.1) is 0 Å². The first-order chi connectivity index (χ1) is 10.8. The molecule has 0 atom stereocenters. The van der Waals surface area contributed by atoms with Gasteiger partial charge in [0.1, 0.15) is 12.3 Å². The molecule has 124 valence electrons. The van der Waals surface area contributed by atoms with Crippen LogP contribution in [0.5, 0.6) is 5.75 Å². The lowest BCUT2D eigenvalue weighted by Crippen LogP contribution is -2.20.